The molecule has 4 rings (SSSR count). The second-order valence-corrected chi connectivity index (χ2v) is 8.45. The molecule has 1 N–H and O–H groups in total. The van der Waals surface area contributed by atoms with Gasteiger partial charge in [0.25, 0.3) is 0 Å². The fourth-order valence-corrected chi connectivity index (χ4v) is 3.82. The van der Waals surface area contributed by atoms with Crippen LogP contribution in [0.2, 0.25) is 0 Å². The number of carbonyl (C=O) groups is 2. The lowest BCUT2D eigenvalue weighted by Crippen LogP contribution is -2.08. The van der Waals surface area contributed by atoms with E-state index in [0.717, 1.165) is 8.95 Å². The molecule has 0 aliphatic carbocycles. The Hall–Kier alpha value is -1.91. The van der Waals surface area contributed by atoms with E-state index in [2.05, 4.69) is 36.6 Å². The number of carbonyl (C=O) groups excluding carboxylic acids is 2. The number of aliphatic hydroxyl groups is 1. The Morgan fingerprint density at radius 1 is 0.900 bits per heavy atom. The summed E-state index contributed by atoms with van der Waals surface area (Å²) in [5.41, 5.74) is 2.06. The average Bonchev–Trinajstić information content (AvgIpc) is 3.10. The fraction of sp³-hybridized carbons (Fsp3) is 0.300. The van der Waals surface area contributed by atoms with Gasteiger partial charge in [-0.3, -0.25) is 0 Å². The highest BCUT2D eigenvalue weighted by atomic mass is 79.9. The zero-order valence-electron chi connectivity index (χ0n) is 15.2. The molecule has 30 heavy (non-hydrogen) atoms. The van der Waals surface area contributed by atoms with Crippen molar-refractivity contribution in [2.45, 2.75) is 37.8 Å². The number of ether oxygens (including phenoxy) is 2. The molecule has 2 aliphatic rings. The largest absolute Gasteiger partial charge is 0.454 e. The lowest BCUT2D eigenvalue weighted by atomic mass is 10.0. The Morgan fingerprint density at radius 2 is 1.43 bits per heavy atom. The zero-order chi connectivity index (χ0) is 22.1. The maximum atomic E-state index is 12.0. The van der Waals surface area contributed by atoms with E-state index in [9.17, 15) is 27.9 Å². The molecule has 160 valence electrons. The Labute approximate surface area is 186 Å². The summed E-state index contributed by atoms with van der Waals surface area (Å²) in [7, 11) is 0. The van der Waals surface area contributed by atoms with Crippen LogP contribution in [0, 0.1) is 0 Å². The molecule has 0 saturated heterocycles. The third kappa shape index (κ3) is 5.41. The van der Waals surface area contributed by atoms with Crippen molar-refractivity contribution < 1.29 is 37.3 Å². The number of rotatable bonds is 3. The van der Waals surface area contributed by atoms with Crippen molar-refractivity contribution in [3.05, 3.63) is 67.6 Å². The number of fused-ring (bicyclic) bond motifs is 2. The molecule has 2 heterocycles. The minimum absolute atomic E-state index is 0.0447. The number of esters is 2. The van der Waals surface area contributed by atoms with E-state index >= 15 is 0 Å². The fourth-order valence-electron chi connectivity index (χ4n) is 3.09. The van der Waals surface area contributed by atoms with Crippen LogP contribution in [0.5, 0.6) is 0 Å². The summed E-state index contributed by atoms with van der Waals surface area (Å²) >= 11 is 6.46. The predicted molar refractivity (Wildman–Crippen MR) is 107 cm³/mol. The first-order valence-electron chi connectivity index (χ1n) is 8.81. The van der Waals surface area contributed by atoms with E-state index in [1.807, 2.05) is 0 Å². The Balaban J connectivity index is 0.000000184. The van der Waals surface area contributed by atoms with Gasteiger partial charge in [0.15, 0.2) is 0 Å². The molecule has 0 fully saturated rings. The summed E-state index contributed by atoms with van der Waals surface area (Å²) in [6.45, 7) is 0. The lowest BCUT2D eigenvalue weighted by molar-refractivity contribution is -0.136. The summed E-state index contributed by atoms with van der Waals surface area (Å²) in [5.74, 6) is -0.942. The summed E-state index contributed by atoms with van der Waals surface area (Å²) in [4.78, 5) is 22.5. The summed E-state index contributed by atoms with van der Waals surface area (Å²) in [6, 6.07) is 10.1. The van der Waals surface area contributed by atoms with Gasteiger partial charge < -0.3 is 14.6 Å². The highest BCUT2D eigenvalue weighted by Crippen LogP contribution is 2.36. The van der Waals surface area contributed by atoms with Gasteiger partial charge in [-0.2, -0.15) is 13.2 Å². The van der Waals surface area contributed by atoms with E-state index < -0.39 is 36.9 Å². The van der Waals surface area contributed by atoms with Crippen molar-refractivity contribution in [2.75, 3.05) is 0 Å². The van der Waals surface area contributed by atoms with Crippen molar-refractivity contribution in [3.8, 4) is 0 Å². The molecule has 0 aromatic heterocycles. The normalized spacial score (nSPS) is 19.4. The molecule has 2 aliphatic heterocycles. The topological polar surface area (TPSA) is 72.8 Å². The van der Waals surface area contributed by atoms with Crippen LogP contribution in [-0.2, 0) is 9.47 Å². The van der Waals surface area contributed by atoms with Gasteiger partial charge in [0.1, 0.15) is 6.10 Å². The molecule has 2 unspecified atom stereocenters. The van der Waals surface area contributed by atoms with Gasteiger partial charge >= 0.3 is 18.1 Å². The second kappa shape index (κ2) is 9.07. The van der Waals surface area contributed by atoms with Gasteiger partial charge in [0, 0.05) is 26.5 Å². The van der Waals surface area contributed by atoms with Gasteiger partial charge in [-0.15, -0.1) is 0 Å². The average molecular weight is 552 g/mol. The smallest absolute Gasteiger partial charge is 0.389 e. The van der Waals surface area contributed by atoms with Gasteiger partial charge in [-0.25, -0.2) is 9.59 Å². The standard InChI is InChI=1S/C12H10BrF3O2.C8H5BrO3/c13-7-3-4-8-9(6-7)11(17)18-10(8)2-1-5-12(14,15)16;9-4-1-2-5-6(3-4)8(11)12-7(5)10/h3-4,6,10H,1-2,5H2;1-3,7,10H. The van der Waals surface area contributed by atoms with Crippen molar-refractivity contribution in [3.63, 3.8) is 0 Å². The molecule has 0 bridgehead atoms. The first kappa shape index (κ1) is 22.8. The maximum absolute atomic E-state index is 12.0. The quantitative estimate of drug-likeness (QED) is 0.473. The molecule has 10 heteroatoms. The van der Waals surface area contributed by atoms with Crippen LogP contribution in [0.3, 0.4) is 0 Å². The van der Waals surface area contributed by atoms with E-state index in [-0.39, 0.29) is 12.8 Å². The Kier molecular flexibility index (Phi) is 6.88. The van der Waals surface area contributed by atoms with E-state index in [4.69, 9.17) is 4.74 Å². The second-order valence-electron chi connectivity index (χ2n) is 6.62. The first-order chi connectivity index (χ1) is 14.0. The highest BCUT2D eigenvalue weighted by Gasteiger charge is 2.33. The number of halogens is 5. The molecule has 0 amide bonds. The molecule has 2 atom stereocenters. The Morgan fingerprint density at radius 3 is 2.03 bits per heavy atom. The van der Waals surface area contributed by atoms with E-state index in [0.29, 0.717) is 22.3 Å². The van der Waals surface area contributed by atoms with Gasteiger partial charge in [-0.1, -0.05) is 44.0 Å². The van der Waals surface area contributed by atoms with Gasteiger partial charge in [0.05, 0.1) is 11.1 Å². The summed E-state index contributed by atoms with van der Waals surface area (Å²) in [5, 5.41) is 9.18. The summed E-state index contributed by atoms with van der Waals surface area (Å²) < 4.78 is 47.3. The van der Waals surface area contributed by atoms with Crippen LogP contribution in [0.25, 0.3) is 0 Å². The first-order valence-corrected chi connectivity index (χ1v) is 10.4. The number of aliphatic hydroxyl groups excluding tert-OH is 1. The van der Waals surface area contributed by atoms with Crippen molar-refractivity contribution in [1.82, 2.24) is 0 Å². The molecule has 0 spiro atoms. The lowest BCUT2D eigenvalue weighted by Gasteiger charge is -2.11. The van der Waals surface area contributed by atoms with Crippen LogP contribution in [0.15, 0.2) is 45.3 Å². The molecule has 5 nitrogen and oxygen atoms in total. The van der Waals surface area contributed by atoms with E-state index in [1.54, 1.807) is 36.4 Å². The minimum atomic E-state index is -4.16. The number of alkyl halides is 3. The molecule has 2 aromatic rings. The molecular weight excluding hydrogens is 537 g/mol. The predicted octanol–water partition coefficient (Wildman–Crippen LogP) is 6.00. The SMILES string of the molecule is O=C1OC(CCCC(F)(F)F)c2ccc(Br)cc21.O=C1OC(O)c2ccc(Br)cc21. The molecule has 2 aromatic carbocycles. The number of hydrogen-bond donors (Lipinski definition) is 1. The van der Waals surface area contributed by atoms with Gasteiger partial charge in [-0.05, 0) is 37.1 Å². The minimum Gasteiger partial charge on any atom is -0.454 e. The molecule has 0 saturated carbocycles. The van der Waals surface area contributed by atoms with Crippen molar-refractivity contribution >= 4 is 43.8 Å². The Bertz CT molecular complexity index is 977. The summed E-state index contributed by atoms with van der Waals surface area (Å²) in [6.07, 6.45) is -6.52. The number of benzene rings is 2. The van der Waals surface area contributed by atoms with Crippen molar-refractivity contribution in [2.24, 2.45) is 0 Å². The third-order valence-electron chi connectivity index (χ3n) is 4.48. The van der Waals surface area contributed by atoms with Crippen molar-refractivity contribution in [1.29, 1.82) is 0 Å². The van der Waals surface area contributed by atoms with E-state index in [1.165, 1.54) is 0 Å². The third-order valence-corrected chi connectivity index (χ3v) is 5.46. The van der Waals surface area contributed by atoms with Crippen LogP contribution >= 0.6 is 31.9 Å². The molecular formula is C20H15Br2F3O5. The van der Waals surface area contributed by atoms with Crippen LogP contribution in [-0.4, -0.2) is 23.2 Å². The monoisotopic (exact) mass is 550 g/mol. The van der Waals surface area contributed by atoms with Gasteiger partial charge in [0.2, 0.25) is 6.29 Å². The number of cyclic esters (lactones) is 2. The van der Waals surface area contributed by atoms with Crippen LogP contribution in [0.1, 0.15) is 63.5 Å². The molecule has 0 radical (unpaired) electrons. The maximum Gasteiger partial charge on any atom is 0.389 e. The highest BCUT2D eigenvalue weighted by molar-refractivity contribution is 9.10. The van der Waals surface area contributed by atoms with Crippen LogP contribution in [0.4, 0.5) is 13.2 Å². The van der Waals surface area contributed by atoms with Crippen LogP contribution < -0.4 is 0 Å². The zero-order valence-corrected chi connectivity index (χ0v) is 18.4. The number of hydrogen-bond acceptors (Lipinski definition) is 5.